The molecule has 2 amide bonds. The summed E-state index contributed by atoms with van der Waals surface area (Å²) in [6.07, 6.45) is 5.76. The van der Waals surface area contributed by atoms with E-state index in [9.17, 15) is 18.0 Å². The molecule has 1 unspecified atom stereocenters. The average molecular weight is 544 g/mol. The van der Waals surface area contributed by atoms with Crippen LogP contribution in [-0.2, 0) is 26.2 Å². The highest BCUT2D eigenvalue weighted by atomic mass is 32.2. The molecule has 3 rings (SSSR count). The minimum Gasteiger partial charge on any atom is -0.497 e. The molecule has 38 heavy (non-hydrogen) atoms. The van der Waals surface area contributed by atoms with E-state index >= 15 is 0 Å². The van der Waals surface area contributed by atoms with Crippen LogP contribution in [0.25, 0.3) is 0 Å². The molecule has 1 atom stereocenters. The second-order valence-electron chi connectivity index (χ2n) is 10.3. The Labute approximate surface area is 227 Å². The van der Waals surface area contributed by atoms with Crippen LogP contribution in [0.15, 0.2) is 42.5 Å². The summed E-state index contributed by atoms with van der Waals surface area (Å²) in [7, 11) is -1.94. The van der Waals surface area contributed by atoms with Gasteiger partial charge in [-0.05, 0) is 81.0 Å². The van der Waals surface area contributed by atoms with Crippen molar-refractivity contribution in [2.75, 3.05) is 24.2 Å². The molecule has 1 fully saturated rings. The first kappa shape index (κ1) is 29.5. The van der Waals surface area contributed by atoms with Crippen LogP contribution in [0, 0.1) is 13.8 Å². The number of methoxy groups -OCH3 is 1. The predicted molar refractivity (Wildman–Crippen MR) is 151 cm³/mol. The van der Waals surface area contributed by atoms with E-state index in [0.29, 0.717) is 17.9 Å². The van der Waals surface area contributed by atoms with Crippen molar-refractivity contribution < 1.29 is 22.7 Å². The molecule has 2 aromatic carbocycles. The van der Waals surface area contributed by atoms with Crippen molar-refractivity contribution in [1.29, 1.82) is 0 Å². The molecule has 1 aliphatic carbocycles. The summed E-state index contributed by atoms with van der Waals surface area (Å²) < 4.78 is 31.8. The standard InChI is InChI=1S/C29H41N3O5S/c1-21-17-22(2)19-26(18-21)32(38(5,35)36)16-8-11-28(33)31(20-24-12-14-27(37-4)15-13-24)23(3)29(34)30-25-9-6-7-10-25/h12-15,17-19,23,25H,6-11,16,20H2,1-5H3,(H,30,34). The third-order valence-electron chi connectivity index (χ3n) is 7.03. The Morgan fingerprint density at radius 1 is 1.05 bits per heavy atom. The van der Waals surface area contributed by atoms with Crippen LogP contribution in [0.1, 0.15) is 62.1 Å². The Balaban J connectivity index is 1.73. The van der Waals surface area contributed by atoms with Crippen LogP contribution in [0.5, 0.6) is 5.75 Å². The molecule has 0 saturated heterocycles. The molecular formula is C29H41N3O5S. The molecule has 0 radical (unpaired) electrons. The number of hydrogen-bond donors (Lipinski definition) is 1. The molecule has 0 aliphatic heterocycles. The molecule has 208 valence electrons. The number of ether oxygens (including phenoxy) is 1. The molecule has 1 aliphatic rings. The SMILES string of the molecule is COc1ccc(CN(C(=O)CCCN(c2cc(C)cc(C)c2)S(C)(=O)=O)C(C)C(=O)NC2CCCC2)cc1. The van der Waals surface area contributed by atoms with E-state index in [4.69, 9.17) is 4.74 Å². The molecule has 0 heterocycles. The topological polar surface area (TPSA) is 96.0 Å². The second-order valence-corrected chi connectivity index (χ2v) is 12.2. The number of aryl methyl sites for hydroxylation is 2. The van der Waals surface area contributed by atoms with E-state index in [1.54, 1.807) is 18.9 Å². The molecule has 1 N–H and O–H groups in total. The summed E-state index contributed by atoms with van der Waals surface area (Å²) >= 11 is 0. The summed E-state index contributed by atoms with van der Waals surface area (Å²) in [5.41, 5.74) is 3.42. The van der Waals surface area contributed by atoms with Gasteiger partial charge in [-0.15, -0.1) is 0 Å². The Bertz CT molecular complexity index is 1190. The lowest BCUT2D eigenvalue weighted by atomic mass is 10.1. The van der Waals surface area contributed by atoms with Gasteiger partial charge in [0.05, 0.1) is 19.1 Å². The number of nitrogens with one attached hydrogen (secondary N) is 1. The quantitative estimate of drug-likeness (QED) is 0.430. The second kappa shape index (κ2) is 13.1. The zero-order valence-electron chi connectivity index (χ0n) is 23.2. The molecule has 1 saturated carbocycles. The van der Waals surface area contributed by atoms with E-state index in [-0.39, 0.29) is 37.4 Å². The van der Waals surface area contributed by atoms with Gasteiger partial charge in [-0.1, -0.05) is 31.0 Å². The summed E-state index contributed by atoms with van der Waals surface area (Å²) in [4.78, 5) is 28.2. The zero-order valence-corrected chi connectivity index (χ0v) is 24.0. The van der Waals surface area contributed by atoms with E-state index in [0.717, 1.165) is 42.4 Å². The maximum Gasteiger partial charge on any atom is 0.242 e. The first-order chi connectivity index (χ1) is 18.0. The number of nitrogens with zero attached hydrogens (tertiary/aromatic N) is 2. The van der Waals surface area contributed by atoms with Gasteiger partial charge < -0.3 is 15.0 Å². The lowest BCUT2D eigenvalue weighted by Gasteiger charge is -2.30. The number of rotatable bonds is 12. The highest BCUT2D eigenvalue weighted by molar-refractivity contribution is 7.92. The minimum absolute atomic E-state index is 0.119. The smallest absolute Gasteiger partial charge is 0.242 e. The fraction of sp³-hybridized carbons (Fsp3) is 0.517. The van der Waals surface area contributed by atoms with Crippen molar-refractivity contribution in [3.8, 4) is 5.75 Å². The van der Waals surface area contributed by atoms with Gasteiger partial charge in [-0.25, -0.2) is 8.42 Å². The van der Waals surface area contributed by atoms with E-state index < -0.39 is 16.1 Å². The maximum atomic E-state index is 13.5. The predicted octanol–water partition coefficient (Wildman–Crippen LogP) is 4.33. The normalized spacial score (nSPS) is 14.7. The summed E-state index contributed by atoms with van der Waals surface area (Å²) in [5.74, 6) is 0.362. The minimum atomic E-state index is -3.54. The first-order valence-electron chi connectivity index (χ1n) is 13.3. The number of carbonyl (C=O) groups is 2. The molecule has 0 bridgehead atoms. The van der Waals surface area contributed by atoms with E-state index in [2.05, 4.69) is 5.32 Å². The molecule has 0 spiro atoms. The monoisotopic (exact) mass is 543 g/mol. The van der Waals surface area contributed by atoms with Gasteiger partial charge in [0.15, 0.2) is 0 Å². The molecule has 8 nitrogen and oxygen atoms in total. The fourth-order valence-electron chi connectivity index (χ4n) is 5.00. The van der Waals surface area contributed by atoms with Gasteiger partial charge in [0.1, 0.15) is 11.8 Å². The summed E-state index contributed by atoms with van der Waals surface area (Å²) in [6.45, 7) is 6.05. The highest BCUT2D eigenvalue weighted by Crippen LogP contribution is 2.23. The van der Waals surface area contributed by atoms with Gasteiger partial charge in [-0.3, -0.25) is 13.9 Å². The Hall–Kier alpha value is -3.07. The van der Waals surface area contributed by atoms with Crippen LogP contribution in [-0.4, -0.2) is 57.1 Å². The van der Waals surface area contributed by atoms with Crippen molar-refractivity contribution in [3.05, 3.63) is 59.2 Å². The maximum absolute atomic E-state index is 13.5. The Kier molecular flexibility index (Phi) is 10.2. The lowest BCUT2D eigenvalue weighted by Crippen LogP contribution is -2.49. The third-order valence-corrected chi connectivity index (χ3v) is 8.22. The lowest BCUT2D eigenvalue weighted by molar-refractivity contribution is -0.141. The zero-order chi connectivity index (χ0) is 27.9. The van der Waals surface area contributed by atoms with Crippen LogP contribution >= 0.6 is 0 Å². The summed E-state index contributed by atoms with van der Waals surface area (Å²) in [6, 6.07) is 12.6. The van der Waals surface area contributed by atoms with Crippen molar-refractivity contribution >= 4 is 27.5 Å². The van der Waals surface area contributed by atoms with Crippen LogP contribution in [0.3, 0.4) is 0 Å². The molecular weight excluding hydrogens is 502 g/mol. The Morgan fingerprint density at radius 2 is 1.66 bits per heavy atom. The van der Waals surface area contributed by atoms with Crippen molar-refractivity contribution in [3.63, 3.8) is 0 Å². The molecule has 2 aromatic rings. The first-order valence-corrected chi connectivity index (χ1v) is 15.1. The van der Waals surface area contributed by atoms with Crippen LogP contribution in [0.4, 0.5) is 5.69 Å². The number of hydrogen-bond acceptors (Lipinski definition) is 5. The van der Waals surface area contributed by atoms with Gasteiger partial charge in [0.2, 0.25) is 21.8 Å². The van der Waals surface area contributed by atoms with E-state index in [1.165, 1.54) is 10.6 Å². The number of benzene rings is 2. The van der Waals surface area contributed by atoms with Crippen molar-refractivity contribution in [2.24, 2.45) is 0 Å². The molecule has 0 aromatic heterocycles. The van der Waals surface area contributed by atoms with Gasteiger partial charge >= 0.3 is 0 Å². The molecule has 9 heteroatoms. The Morgan fingerprint density at radius 3 is 2.21 bits per heavy atom. The number of amides is 2. The van der Waals surface area contributed by atoms with Gasteiger partial charge in [0, 0.05) is 25.6 Å². The van der Waals surface area contributed by atoms with Crippen molar-refractivity contribution in [2.45, 2.75) is 77.9 Å². The third kappa shape index (κ3) is 8.21. The highest BCUT2D eigenvalue weighted by Gasteiger charge is 2.28. The number of sulfonamides is 1. The van der Waals surface area contributed by atoms with Crippen LogP contribution in [0.2, 0.25) is 0 Å². The van der Waals surface area contributed by atoms with Crippen molar-refractivity contribution in [1.82, 2.24) is 10.2 Å². The van der Waals surface area contributed by atoms with Gasteiger partial charge in [-0.2, -0.15) is 0 Å². The average Bonchev–Trinajstić information content (AvgIpc) is 3.36. The summed E-state index contributed by atoms with van der Waals surface area (Å²) in [5, 5.41) is 3.10. The fourth-order valence-corrected chi connectivity index (χ4v) is 5.95. The number of carbonyl (C=O) groups excluding carboxylic acids is 2. The number of anilines is 1. The van der Waals surface area contributed by atoms with Crippen LogP contribution < -0.4 is 14.4 Å². The van der Waals surface area contributed by atoms with E-state index in [1.807, 2.05) is 56.3 Å². The van der Waals surface area contributed by atoms with Gasteiger partial charge in [0.25, 0.3) is 0 Å². The largest absolute Gasteiger partial charge is 0.497 e.